The van der Waals surface area contributed by atoms with Crippen LogP contribution in [0.4, 0.5) is 0 Å². The molecule has 1 saturated carbocycles. The minimum atomic E-state index is -0.768. The summed E-state index contributed by atoms with van der Waals surface area (Å²) in [6, 6.07) is 7.37. The number of ketones is 1. The Labute approximate surface area is 110 Å². The fourth-order valence-corrected chi connectivity index (χ4v) is 2.85. The smallest absolute Gasteiger partial charge is 0.177 e. The van der Waals surface area contributed by atoms with Gasteiger partial charge in [-0.2, -0.15) is 0 Å². The Morgan fingerprint density at radius 1 is 1.38 bits per heavy atom. The van der Waals surface area contributed by atoms with Crippen LogP contribution >= 0.6 is 34.8 Å². The van der Waals surface area contributed by atoms with Crippen LogP contribution in [0.1, 0.15) is 29.3 Å². The fraction of sp³-hybridized carbons (Fsp3) is 0.417. The van der Waals surface area contributed by atoms with E-state index in [-0.39, 0.29) is 17.1 Å². The summed E-state index contributed by atoms with van der Waals surface area (Å²) in [5, 5.41) is 0. The number of halogens is 3. The standard InChI is InChI=1S/C12H11Cl3O/c1-11(7-12(11,14)15)9-5-3-2-4-8(9)10(16)6-13/h2-5H,6-7H2,1H3. The first-order chi connectivity index (χ1) is 7.42. The summed E-state index contributed by atoms with van der Waals surface area (Å²) in [5.41, 5.74) is 1.18. The first-order valence-electron chi connectivity index (χ1n) is 4.99. The first kappa shape index (κ1) is 12.2. The zero-order valence-electron chi connectivity index (χ0n) is 8.77. The second-order valence-corrected chi connectivity index (χ2v) is 6.07. The molecule has 0 amide bonds. The topological polar surface area (TPSA) is 17.1 Å². The number of hydrogen-bond acceptors (Lipinski definition) is 1. The third-order valence-corrected chi connectivity index (χ3v) is 4.55. The molecule has 0 heterocycles. The number of hydrogen-bond donors (Lipinski definition) is 0. The van der Waals surface area contributed by atoms with E-state index >= 15 is 0 Å². The third kappa shape index (κ3) is 1.75. The highest BCUT2D eigenvalue weighted by molar-refractivity contribution is 6.52. The largest absolute Gasteiger partial charge is 0.293 e. The van der Waals surface area contributed by atoms with E-state index < -0.39 is 4.33 Å². The Hall–Kier alpha value is -0.240. The van der Waals surface area contributed by atoms with Gasteiger partial charge in [0.25, 0.3) is 0 Å². The van der Waals surface area contributed by atoms with Gasteiger partial charge in [-0.15, -0.1) is 34.8 Å². The Kier molecular flexibility index (Phi) is 2.98. The van der Waals surface area contributed by atoms with Crippen molar-refractivity contribution in [2.45, 2.75) is 23.1 Å². The van der Waals surface area contributed by atoms with E-state index in [2.05, 4.69) is 0 Å². The molecule has 1 unspecified atom stereocenters. The molecule has 4 heteroatoms. The normalized spacial score (nSPS) is 26.5. The summed E-state index contributed by atoms with van der Waals surface area (Å²) in [6.07, 6.45) is 0.662. The van der Waals surface area contributed by atoms with E-state index in [0.29, 0.717) is 12.0 Å². The second-order valence-electron chi connectivity index (χ2n) is 4.32. The van der Waals surface area contributed by atoms with Gasteiger partial charge >= 0.3 is 0 Å². The number of Topliss-reactive ketones (excluding diaryl/α,β-unsaturated/α-hetero) is 1. The lowest BCUT2D eigenvalue weighted by Gasteiger charge is -2.16. The van der Waals surface area contributed by atoms with Gasteiger partial charge in [0.05, 0.1) is 5.88 Å². The molecule has 1 aliphatic rings. The van der Waals surface area contributed by atoms with Crippen LogP contribution in [0.3, 0.4) is 0 Å². The first-order valence-corrected chi connectivity index (χ1v) is 6.28. The molecule has 16 heavy (non-hydrogen) atoms. The minimum absolute atomic E-state index is 0.0232. The molecule has 2 rings (SSSR count). The molecule has 0 N–H and O–H groups in total. The Morgan fingerprint density at radius 3 is 2.44 bits per heavy atom. The van der Waals surface area contributed by atoms with Crippen molar-refractivity contribution in [3.05, 3.63) is 35.4 Å². The fourth-order valence-electron chi connectivity index (χ4n) is 1.97. The maximum absolute atomic E-state index is 11.7. The van der Waals surface area contributed by atoms with Gasteiger partial charge in [0, 0.05) is 11.0 Å². The number of rotatable bonds is 3. The highest BCUT2D eigenvalue weighted by Gasteiger charge is 2.64. The monoisotopic (exact) mass is 276 g/mol. The molecule has 1 aromatic rings. The summed E-state index contributed by atoms with van der Waals surface area (Å²) < 4.78 is -0.768. The minimum Gasteiger partial charge on any atom is -0.293 e. The zero-order chi connectivity index (χ0) is 12.0. The van der Waals surface area contributed by atoms with Crippen LogP contribution < -0.4 is 0 Å². The molecule has 0 bridgehead atoms. The summed E-state index contributed by atoms with van der Waals surface area (Å²) in [6.45, 7) is 1.97. The highest BCUT2D eigenvalue weighted by Crippen LogP contribution is 2.65. The van der Waals surface area contributed by atoms with Crippen LogP contribution in [-0.4, -0.2) is 16.0 Å². The third-order valence-electron chi connectivity index (χ3n) is 3.20. The van der Waals surface area contributed by atoms with E-state index in [4.69, 9.17) is 34.8 Å². The van der Waals surface area contributed by atoms with Crippen molar-refractivity contribution < 1.29 is 4.79 Å². The molecule has 1 fully saturated rings. The Balaban J connectivity index is 2.47. The molecule has 0 aliphatic heterocycles. The molecular formula is C12H11Cl3O. The number of carbonyl (C=O) groups is 1. The van der Waals surface area contributed by atoms with Crippen LogP contribution in [0.2, 0.25) is 0 Å². The van der Waals surface area contributed by atoms with Crippen molar-refractivity contribution in [1.82, 2.24) is 0 Å². The molecule has 1 atom stereocenters. The lowest BCUT2D eigenvalue weighted by atomic mass is 9.91. The van der Waals surface area contributed by atoms with Crippen molar-refractivity contribution in [3.8, 4) is 0 Å². The average molecular weight is 278 g/mol. The van der Waals surface area contributed by atoms with Crippen molar-refractivity contribution in [1.29, 1.82) is 0 Å². The van der Waals surface area contributed by atoms with Gasteiger partial charge in [0.2, 0.25) is 0 Å². The maximum atomic E-state index is 11.7. The van der Waals surface area contributed by atoms with Gasteiger partial charge in [0.1, 0.15) is 4.33 Å². The van der Waals surface area contributed by atoms with Crippen LogP contribution in [0.25, 0.3) is 0 Å². The molecule has 86 valence electrons. The Morgan fingerprint density at radius 2 is 1.94 bits per heavy atom. The van der Waals surface area contributed by atoms with Crippen molar-refractivity contribution in [3.63, 3.8) is 0 Å². The molecule has 0 aromatic heterocycles. The highest BCUT2D eigenvalue weighted by atomic mass is 35.5. The zero-order valence-corrected chi connectivity index (χ0v) is 11.0. The molecule has 0 radical (unpaired) electrons. The van der Waals surface area contributed by atoms with Crippen molar-refractivity contribution >= 4 is 40.6 Å². The summed E-state index contributed by atoms with van der Waals surface area (Å²) in [4.78, 5) is 11.7. The molecular weight excluding hydrogens is 266 g/mol. The lowest BCUT2D eigenvalue weighted by Crippen LogP contribution is -2.16. The van der Waals surface area contributed by atoms with Gasteiger partial charge in [-0.3, -0.25) is 4.79 Å². The van der Waals surface area contributed by atoms with Crippen LogP contribution in [-0.2, 0) is 5.41 Å². The summed E-state index contributed by atoms with van der Waals surface area (Å²) >= 11 is 17.8. The van der Waals surface area contributed by atoms with Crippen LogP contribution in [0.15, 0.2) is 24.3 Å². The van der Waals surface area contributed by atoms with Crippen molar-refractivity contribution in [2.24, 2.45) is 0 Å². The lowest BCUT2D eigenvalue weighted by molar-refractivity contribution is 0.101. The van der Waals surface area contributed by atoms with E-state index in [9.17, 15) is 4.79 Å². The molecule has 0 spiro atoms. The van der Waals surface area contributed by atoms with Gasteiger partial charge in [0.15, 0.2) is 5.78 Å². The summed E-state index contributed by atoms with van der Waals surface area (Å²) in [7, 11) is 0. The molecule has 0 saturated heterocycles. The van der Waals surface area contributed by atoms with Gasteiger partial charge in [-0.05, 0) is 12.0 Å². The maximum Gasteiger partial charge on any atom is 0.177 e. The second kappa shape index (κ2) is 3.90. The van der Waals surface area contributed by atoms with E-state index in [1.54, 1.807) is 6.07 Å². The quantitative estimate of drug-likeness (QED) is 0.604. The van der Waals surface area contributed by atoms with Crippen LogP contribution in [0.5, 0.6) is 0 Å². The SMILES string of the molecule is CC1(c2ccccc2C(=O)CCl)CC1(Cl)Cl. The van der Waals surface area contributed by atoms with Gasteiger partial charge < -0.3 is 0 Å². The van der Waals surface area contributed by atoms with Crippen LogP contribution in [0, 0.1) is 0 Å². The van der Waals surface area contributed by atoms with Gasteiger partial charge in [-0.1, -0.05) is 31.2 Å². The van der Waals surface area contributed by atoms with E-state index in [0.717, 1.165) is 5.56 Å². The molecule has 1 aliphatic carbocycles. The number of benzene rings is 1. The van der Waals surface area contributed by atoms with Gasteiger partial charge in [-0.25, -0.2) is 0 Å². The molecule has 1 aromatic carbocycles. The molecule has 1 nitrogen and oxygen atoms in total. The Bertz CT molecular complexity index is 442. The van der Waals surface area contributed by atoms with E-state index in [1.807, 2.05) is 25.1 Å². The average Bonchev–Trinajstić information content (AvgIpc) is 2.78. The van der Waals surface area contributed by atoms with Crippen molar-refractivity contribution in [2.75, 3.05) is 5.88 Å². The van der Waals surface area contributed by atoms with E-state index in [1.165, 1.54) is 0 Å². The predicted molar refractivity (Wildman–Crippen MR) is 67.9 cm³/mol. The predicted octanol–water partition coefficient (Wildman–Crippen LogP) is 3.94. The number of alkyl halides is 3. The number of carbonyl (C=O) groups excluding carboxylic acids is 1. The summed E-state index contributed by atoms with van der Waals surface area (Å²) in [5.74, 6) is -0.112.